The zero-order valence-electron chi connectivity index (χ0n) is 9.85. The zero-order valence-corrected chi connectivity index (χ0v) is 9.85. The molecule has 0 saturated carbocycles. The second-order valence-corrected chi connectivity index (χ2v) is 3.38. The maximum atomic E-state index is 11.8. The van der Waals surface area contributed by atoms with Crippen molar-refractivity contribution in [1.29, 1.82) is 0 Å². The highest BCUT2D eigenvalue weighted by Gasteiger charge is 2.14. The lowest BCUT2D eigenvalue weighted by Gasteiger charge is -2.19. The Morgan fingerprint density at radius 3 is 2.81 bits per heavy atom. The lowest BCUT2D eigenvalue weighted by Crippen LogP contribution is -2.34. The Bertz CT molecular complexity index is 314. The minimum Gasteiger partial charge on any atom is -0.372 e. The van der Waals surface area contributed by atoms with Crippen molar-refractivity contribution >= 4 is 11.7 Å². The summed E-state index contributed by atoms with van der Waals surface area (Å²) in [6.07, 6.45) is 2.60. The van der Waals surface area contributed by atoms with Crippen molar-refractivity contribution in [3.8, 4) is 0 Å². The van der Waals surface area contributed by atoms with Crippen molar-refractivity contribution in [2.45, 2.75) is 20.3 Å². The highest BCUT2D eigenvalue weighted by molar-refractivity contribution is 5.93. The van der Waals surface area contributed by atoms with E-state index in [0.717, 1.165) is 6.42 Å². The summed E-state index contributed by atoms with van der Waals surface area (Å²) in [5.41, 5.74) is 0. The molecule has 4 nitrogen and oxygen atoms in total. The molecule has 0 atom stereocenters. The van der Waals surface area contributed by atoms with Crippen LogP contribution in [0.3, 0.4) is 0 Å². The molecular formula is C12H18N2O2. The van der Waals surface area contributed by atoms with Gasteiger partial charge in [-0.25, -0.2) is 4.98 Å². The van der Waals surface area contributed by atoms with Gasteiger partial charge in [-0.3, -0.25) is 9.69 Å². The molecule has 0 N–H and O–H groups in total. The molecule has 0 aliphatic rings. The fraction of sp³-hybridized carbons (Fsp3) is 0.500. The third-order valence-corrected chi connectivity index (χ3v) is 2.12. The number of carbonyl (C=O) groups excluding carboxylic acids is 1. The summed E-state index contributed by atoms with van der Waals surface area (Å²) in [6, 6.07) is 5.52. The van der Waals surface area contributed by atoms with E-state index in [1.54, 1.807) is 11.1 Å². The second kappa shape index (κ2) is 6.95. The van der Waals surface area contributed by atoms with Gasteiger partial charge >= 0.3 is 0 Å². The summed E-state index contributed by atoms with van der Waals surface area (Å²) in [4.78, 5) is 17.6. The number of pyridine rings is 1. The lowest BCUT2D eigenvalue weighted by molar-refractivity contribution is -0.123. The molecule has 4 heteroatoms. The Kier molecular flexibility index (Phi) is 5.50. The van der Waals surface area contributed by atoms with E-state index in [9.17, 15) is 4.79 Å². The van der Waals surface area contributed by atoms with Gasteiger partial charge in [-0.1, -0.05) is 13.0 Å². The van der Waals surface area contributed by atoms with E-state index >= 15 is 0 Å². The summed E-state index contributed by atoms with van der Waals surface area (Å²) >= 11 is 0. The van der Waals surface area contributed by atoms with E-state index in [1.165, 1.54) is 0 Å². The molecule has 0 unspecified atom stereocenters. The topological polar surface area (TPSA) is 42.4 Å². The molecule has 0 aliphatic heterocycles. The molecule has 0 aromatic carbocycles. The Hall–Kier alpha value is -1.42. The summed E-state index contributed by atoms with van der Waals surface area (Å²) in [5, 5.41) is 0. The molecule has 0 radical (unpaired) electrons. The zero-order chi connectivity index (χ0) is 11.8. The second-order valence-electron chi connectivity index (χ2n) is 3.38. The Balaban J connectivity index is 2.57. The van der Waals surface area contributed by atoms with Crippen LogP contribution in [-0.2, 0) is 9.53 Å². The maximum absolute atomic E-state index is 11.8. The molecule has 16 heavy (non-hydrogen) atoms. The van der Waals surface area contributed by atoms with Crippen molar-refractivity contribution in [3.05, 3.63) is 24.4 Å². The highest BCUT2D eigenvalue weighted by Crippen LogP contribution is 2.08. The minimum atomic E-state index is -0.0466. The first kappa shape index (κ1) is 12.6. The van der Waals surface area contributed by atoms with Gasteiger partial charge in [-0.15, -0.1) is 0 Å². The molecule has 0 aliphatic carbocycles. The number of amides is 1. The highest BCUT2D eigenvalue weighted by atomic mass is 16.5. The van der Waals surface area contributed by atoms with Gasteiger partial charge in [-0.2, -0.15) is 0 Å². The van der Waals surface area contributed by atoms with Crippen LogP contribution in [0, 0.1) is 0 Å². The first-order chi connectivity index (χ1) is 7.79. The van der Waals surface area contributed by atoms with Crippen LogP contribution in [0.25, 0.3) is 0 Å². The summed E-state index contributed by atoms with van der Waals surface area (Å²) < 4.78 is 5.23. The molecule has 88 valence electrons. The van der Waals surface area contributed by atoms with Crippen molar-refractivity contribution < 1.29 is 9.53 Å². The van der Waals surface area contributed by atoms with Gasteiger partial charge < -0.3 is 4.74 Å². The molecule has 0 saturated heterocycles. The van der Waals surface area contributed by atoms with E-state index in [2.05, 4.69) is 4.98 Å². The van der Waals surface area contributed by atoms with Crippen LogP contribution in [0.5, 0.6) is 0 Å². The fourth-order valence-electron chi connectivity index (χ4n) is 1.36. The number of hydrogen-bond acceptors (Lipinski definition) is 3. The van der Waals surface area contributed by atoms with E-state index in [0.29, 0.717) is 19.0 Å². The monoisotopic (exact) mass is 222 g/mol. The molecule has 1 heterocycles. The van der Waals surface area contributed by atoms with Crippen LogP contribution >= 0.6 is 0 Å². The molecule has 1 aromatic heterocycles. The quantitative estimate of drug-likeness (QED) is 0.690. The fourth-order valence-corrected chi connectivity index (χ4v) is 1.36. The van der Waals surface area contributed by atoms with Crippen molar-refractivity contribution in [2.75, 3.05) is 24.7 Å². The number of likely N-dealkylation sites (N-methyl/N-ethyl adjacent to an activating group) is 1. The lowest BCUT2D eigenvalue weighted by atomic mass is 10.4. The van der Waals surface area contributed by atoms with Gasteiger partial charge in [0, 0.05) is 19.3 Å². The predicted octanol–water partition coefficient (Wildman–Crippen LogP) is 1.86. The average Bonchev–Trinajstić information content (AvgIpc) is 2.32. The van der Waals surface area contributed by atoms with Crippen LogP contribution in [0.4, 0.5) is 5.82 Å². The van der Waals surface area contributed by atoms with Gasteiger partial charge in [0.1, 0.15) is 12.4 Å². The number of anilines is 1. The third kappa shape index (κ3) is 3.62. The maximum Gasteiger partial charge on any atom is 0.254 e. The number of ether oxygens (including phenoxy) is 1. The summed E-state index contributed by atoms with van der Waals surface area (Å²) in [6.45, 7) is 5.28. The van der Waals surface area contributed by atoms with Gasteiger partial charge in [0.15, 0.2) is 0 Å². The molecule has 0 fully saturated rings. The first-order valence-corrected chi connectivity index (χ1v) is 5.58. The van der Waals surface area contributed by atoms with E-state index < -0.39 is 0 Å². The van der Waals surface area contributed by atoms with Gasteiger partial charge in [0.05, 0.1) is 0 Å². The third-order valence-electron chi connectivity index (χ3n) is 2.12. The molecule has 0 spiro atoms. The smallest absolute Gasteiger partial charge is 0.254 e. The minimum absolute atomic E-state index is 0.0466. The van der Waals surface area contributed by atoms with Crippen molar-refractivity contribution in [2.24, 2.45) is 0 Å². The van der Waals surface area contributed by atoms with Crippen LogP contribution in [0.15, 0.2) is 24.4 Å². The summed E-state index contributed by atoms with van der Waals surface area (Å²) in [5.74, 6) is 0.629. The van der Waals surface area contributed by atoms with Crippen LogP contribution in [0.2, 0.25) is 0 Å². The first-order valence-electron chi connectivity index (χ1n) is 5.58. The number of nitrogens with zero attached hydrogens (tertiary/aromatic N) is 2. The van der Waals surface area contributed by atoms with E-state index in [-0.39, 0.29) is 12.5 Å². The average molecular weight is 222 g/mol. The summed E-state index contributed by atoms with van der Waals surface area (Å²) in [7, 11) is 0. The SMILES string of the molecule is CCCOCC(=O)N(CC)c1ccccn1. The van der Waals surface area contributed by atoms with Crippen LogP contribution in [-0.4, -0.2) is 30.6 Å². The Labute approximate surface area is 96.2 Å². The Morgan fingerprint density at radius 2 is 2.25 bits per heavy atom. The van der Waals surface area contributed by atoms with Gasteiger partial charge in [-0.05, 0) is 25.5 Å². The van der Waals surface area contributed by atoms with E-state index in [1.807, 2.05) is 32.0 Å². The van der Waals surface area contributed by atoms with Gasteiger partial charge in [0.25, 0.3) is 5.91 Å². The number of carbonyl (C=O) groups is 1. The normalized spacial score (nSPS) is 10.1. The number of aromatic nitrogens is 1. The number of rotatable bonds is 6. The van der Waals surface area contributed by atoms with Crippen molar-refractivity contribution in [3.63, 3.8) is 0 Å². The molecule has 1 amide bonds. The molecule has 0 bridgehead atoms. The molecule has 1 aromatic rings. The molecule has 1 rings (SSSR count). The molecular weight excluding hydrogens is 204 g/mol. The van der Waals surface area contributed by atoms with Crippen molar-refractivity contribution in [1.82, 2.24) is 4.98 Å². The van der Waals surface area contributed by atoms with E-state index in [4.69, 9.17) is 4.74 Å². The van der Waals surface area contributed by atoms with Crippen LogP contribution in [0.1, 0.15) is 20.3 Å². The standard InChI is InChI=1S/C12H18N2O2/c1-3-9-16-10-12(15)14(4-2)11-7-5-6-8-13-11/h5-8H,3-4,9-10H2,1-2H3. The largest absolute Gasteiger partial charge is 0.372 e. The Morgan fingerprint density at radius 1 is 1.44 bits per heavy atom. The number of hydrogen-bond donors (Lipinski definition) is 0. The van der Waals surface area contributed by atoms with Gasteiger partial charge in [0.2, 0.25) is 0 Å². The predicted molar refractivity (Wildman–Crippen MR) is 63.4 cm³/mol. The van der Waals surface area contributed by atoms with Crippen LogP contribution < -0.4 is 4.90 Å².